The van der Waals surface area contributed by atoms with Crippen molar-refractivity contribution in [3.8, 4) is 17.3 Å². The first-order valence-corrected chi connectivity index (χ1v) is 11.9. The molecule has 13 nitrogen and oxygen atoms in total. The fourth-order valence-corrected chi connectivity index (χ4v) is 3.94. The molecule has 5 N–H and O–H groups in total. The number of methoxy groups -OCH3 is 1. The van der Waals surface area contributed by atoms with Crippen molar-refractivity contribution < 1.29 is 18.2 Å². The second-order valence-corrected chi connectivity index (χ2v) is 8.57. The number of nitrogens with two attached hydrogens (primary N) is 1. The lowest BCUT2D eigenvalue weighted by molar-refractivity contribution is 0.0341. The average Bonchev–Trinajstić information content (AvgIpc) is 2.84. The van der Waals surface area contributed by atoms with Gasteiger partial charge in [0.05, 0.1) is 37.8 Å². The van der Waals surface area contributed by atoms with Gasteiger partial charge in [-0.3, -0.25) is 9.45 Å². The molecule has 0 saturated carbocycles. The third-order valence-corrected chi connectivity index (χ3v) is 5.62. The summed E-state index contributed by atoms with van der Waals surface area (Å²) in [6, 6.07) is 3.74. The quantitative estimate of drug-likeness (QED) is 0.307. The Hall–Kier alpha value is -3.30. The molecule has 1 fully saturated rings. The number of ether oxygens (including phenoxy) is 2. The molecule has 0 radical (unpaired) electrons. The lowest BCUT2D eigenvalue weighted by Crippen LogP contribution is -2.35. The molecule has 0 amide bonds. The topological polar surface area (TPSA) is 174 Å². The lowest BCUT2D eigenvalue weighted by atomic mass is 10.1. The Labute approximate surface area is 204 Å². The van der Waals surface area contributed by atoms with Gasteiger partial charge in [0.1, 0.15) is 11.6 Å². The fraction of sp³-hybridized carbons (Fsp3) is 0.381. The maximum Gasteiger partial charge on any atom is 0.232 e. The van der Waals surface area contributed by atoms with E-state index in [1.807, 2.05) is 6.07 Å². The van der Waals surface area contributed by atoms with Crippen molar-refractivity contribution in [3.63, 3.8) is 0 Å². The zero-order valence-electron chi connectivity index (χ0n) is 19.4. The van der Waals surface area contributed by atoms with Crippen LogP contribution in [0.25, 0.3) is 11.4 Å². The summed E-state index contributed by atoms with van der Waals surface area (Å²) in [4.78, 5) is 24.1. The van der Waals surface area contributed by atoms with E-state index in [0.29, 0.717) is 59.9 Å². The van der Waals surface area contributed by atoms with Gasteiger partial charge in [0.2, 0.25) is 23.1 Å². The number of hydrogen-bond donors (Lipinski definition) is 4. The van der Waals surface area contributed by atoms with Crippen LogP contribution in [0.5, 0.6) is 5.88 Å². The number of aryl methyl sites for hydroxylation is 1. The fourth-order valence-electron chi connectivity index (χ4n) is 3.66. The van der Waals surface area contributed by atoms with Crippen LogP contribution in [0.2, 0.25) is 0 Å². The maximum absolute atomic E-state index is 11.1. The summed E-state index contributed by atoms with van der Waals surface area (Å²) in [5.74, 6) is 1.84. The number of hydrogen-bond acceptors (Lipinski definition) is 11. The molecule has 35 heavy (non-hydrogen) atoms. The molecule has 0 aromatic carbocycles. The van der Waals surface area contributed by atoms with Crippen LogP contribution in [0.1, 0.15) is 17.0 Å². The van der Waals surface area contributed by atoms with Gasteiger partial charge in [0.15, 0.2) is 5.82 Å². The monoisotopic (exact) mass is 501 g/mol. The van der Waals surface area contributed by atoms with Crippen molar-refractivity contribution >= 4 is 28.7 Å². The van der Waals surface area contributed by atoms with E-state index in [0.717, 1.165) is 18.7 Å². The van der Waals surface area contributed by atoms with Crippen molar-refractivity contribution in [3.05, 3.63) is 41.5 Å². The maximum atomic E-state index is 11.1. The highest BCUT2D eigenvalue weighted by molar-refractivity contribution is 7.77. The standard InChI is InChI=1S/C21H27N9O4S/c1-13-26-19(29-21(22)27-13)17-7-14(12-30-3-5-34-6-4-30)9-23-18(17)28-16-8-15(10-25-35(31)32)20(33-2)24-11-16/h7-9,11,25H,3-6,10,12H2,1-2H3,(H,23,28)(H,31,32)(H2,22,26,27,29). The Bertz CT molecular complexity index is 1190. The Morgan fingerprint density at radius 2 is 2.00 bits per heavy atom. The molecule has 4 heterocycles. The number of nitrogens with zero attached hydrogens (tertiary/aromatic N) is 6. The summed E-state index contributed by atoms with van der Waals surface area (Å²) in [5.41, 5.74) is 8.73. The zero-order valence-corrected chi connectivity index (χ0v) is 20.2. The van der Waals surface area contributed by atoms with E-state index < -0.39 is 11.3 Å². The van der Waals surface area contributed by atoms with Gasteiger partial charge in [-0.1, -0.05) is 0 Å². The number of rotatable bonds is 9. The number of pyridine rings is 2. The molecule has 1 aliphatic heterocycles. The highest BCUT2D eigenvalue weighted by Crippen LogP contribution is 2.29. The predicted molar refractivity (Wildman–Crippen MR) is 130 cm³/mol. The van der Waals surface area contributed by atoms with Crippen LogP contribution in [0.3, 0.4) is 0 Å². The van der Waals surface area contributed by atoms with Crippen LogP contribution in [0.4, 0.5) is 17.5 Å². The van der Waals surface area contributed by atoms with Gasteiger partial charge in [-0.15, -0.1) is 0 Å². The number of morpholine rings is 1. The molecule has 1 unspecified atom stereocenters. The number of anilines is 3. The highest BCUT2D eigenvalue weighted by Gasteiger charge is 2.17. The lowest BCUT2D eigenvalue weighted by Gasteiger charge is -2.26. The van der Waals surface area contributed by atoms with Gasteiger partial charge in [-0.05, 0) is 24.6 Å². The summed E-state index contributed by atoms with van der Waals surface area (Å²) in [5, 5.41) is 3.25. The molecule has 14 heteroatoms. The average molecular weight is 502 g/mol. The molecule has 4 rings (SSSR count). The van der Waals surface area contributed by atoms with Crippen molar-refractivity contribution in [2.75, 3.05) is 44.5 Å². The molecule has 3 aromatic heterocycles. The van der Waals surface area contributed by atoms with Crippen LogP contribution in [0.15, 0.2) is 24.5 Å². The minimum atomic E-state index is -2.17. The number of nitrogen functional groups attached to an aromatic ring is 1. The Morgan fingerprint density at radius 3 is 2.71 bits per heavy atom. The van der Waals surface area contributed by atoms with Crippen LogP contribution < -0.4 is 20.5 Å². The minimum absolute atomic E-state index is 0.0801. The van der Waals surface area contributed by atoms with Gasteiger partial charge in [-0.25, -0.2) is 23.9 Å². The van der Waals surface area contributed by atoms with E-state index in [-0.39, 0.29) is 12.5 Å². The second kappa shape index (κ2) is 11.4. The SMILES string of the molecule is COc1ncc(Nc2ncc(CN3CCOCC3)cc2-c2nc(C)nc(N)n2)cc1CNS(=O)O. The summed E-state index contributed by atoms with van der Waals surface area (Å²) >= 11 is -2.17. The normalized spacial score (nSPS) is 15.1. The van der Waals surface area contributed by atoms with Gasteiger partial charge >= 0.3 is 0 Å². The van der Waals surface area contributed by atoms with E-state index in [4.69, 9.17) is 19.8 Å². The molecule has 0 spiro atoms. The van der Waals surface area contributed by atoms with E-state index in [9.17, 15) is 4.21 Å². The number of aromatic nitrogens is 5. The number of nitrogens with one attached hydrogen (secondary N) is 2. The van der Waals surface area contributed by atoms with Gasteiger partial charge in [0, 0.05) is 37.9 Å². The second-order valence-electron chi connectivity index (χ2n) is 7.78. The summed E-state index contributed by atoms with van der Waals surface area (Å²) in [6.07, 6.45) is 3.38. The molecule has 0 aliphatic carbocycles. The Balaban J connectivity index is 1.68. The third kappa shape index (κ3) is 6.64. The van der Waals surface area contributed by atoms with Gasteiger partial charge in [-0.2, -0.15) is 9.97 Å². The molecule has 1 aliphatic rings. The summed E-state index contributed by atoms with van der Waals surface area (Å²) in [7, 11) is 1.48. The van der Waals surface area contributed by atoms with Crippen LogP contribution >= 0.6 is 0 Å². The largest absolute Gasteiger partial charge is 0.481 e. The molecule has 0 bridgehead atoms. The van der Waals surface area contributed by atoms with Crippen molar-refractivity contribution in [2.45, 2.75) is 20.0 Å². The Morgan fingerprint density at radius 1 is 1.20 bits per heavy atom. The first-order chi connectivity index (χ1) is 16.9. The van der Waals surface area contributed by atoms with Crippen molar-refractivity contribution in [2.24, 2.45) is 0 Å². The molecule has 186 valence electrons. The summed E-state index contributed by atoms with van der Waals surface area (Å²) in [6.45, 7) is 5.64. The van der Waals surface area contributed by atoms with E-state index in [2.05, 4.69) is 39.9 Å². The zero-order chi connectivity index (χ0) is 24.8. The summed E-state index contributed by atoms with van der Waals surface area (Å²) < 4.78 is 33.3. The molecule has 1 saturated heterocycles. The van der Waals surface area contributed by atoms with Crippen molar-refractivity contribution in [1.82, 2.24) is 34.5 Å². The smallest absolute Gasteiger partial charge is 0.232 e. The minimum Gasteiger partial charge on any atom is -0.481 e. The first-order valence-electron chi connectivity index (χ1n) is 10.8. The van der Waals surface area contributed by atoms with Crippen molar-refractivity contribution in [1.29, 1.82) is 0 Å². The van der Waals surface area contributed by atoms with Gasteiger partial charge in [0.25, 0.3) is 0 Å². The first kappa shape index (κ1) is 24.8. The Kier molecular flexibility index (Phi) is 8.09. The molecule has 3 aromatic rings. The third-order valence-electron chi connectivity index (χ3n) is 5.23. The van der Waals surface area contributed by atoms with Crippen LogP contribution in [-0.2, 0) is 29.1 Å². The van der Waals surface area contributed by atoms with Gasteiger partial charge < -0.3 is 20.5 Å². The van der Waals surface area contributed by atoms with Crippen LogP contribution in [0, 0.1) is 6.92 Å². The molecular weight excluding hydrogens is 474 g/mol. The predicted octanol–water partition coefficient (Wildman–Crippen LogP) is 1.03. The highest BCUT2D eigenvalue weighted by atomic mass is 32.2. The molecule has 1 atom stereocenters. The van der Waals surface area contributed by atoms with E-state index >= 15 is 0 Å². The van der Waals surface area contributed by atoms with E-state index in [1.165, 1.54) is 7.11 Å². The van der Waals surface area contributed by atoms with Crippen LogP contribution in [-0.4, -0.2) is 72.0 Å². The molecular formula is C21H27N9O4S. The van der Waals surface area contributed by atoms with E-state index in [1.54, 1.807) is 25.4 Å².